The van der Waals surface area contributed by atoms with Crippen molar-refractivity contribution in [1.82, 2.24) is 0 Å². The van der Waals surface area contributed by atoms with E-state index in [1.54, 1.807) is 0 Å². The summed E-state index contributed by atoms with van der Waals surface area (Å²) in [5, 5.41) is 0. The van der Waals surface area contributed by atoms with Crippen LogP contribution in [0.3, 0.4) is 0 Å². The van der Waals surface area contributed by atoms with Crippen LogP contribution in [0.2, 0.25) is 0 Å². The molecule has 6 heteroatoms. The number of ether oxygens (including phenoxy) is 3. The first-order valence-corrected chi connectivity index (χ1v) is 34.0. The number of allylic oxidation sites excluding steroid dienone is 26. The normalized spacial score (nSPS) is 13.1. The van der Waals surface area contributed by atoms with E-state index in [-0.39, 0.29) is 37.5 Å². The smallest absolute Gasteiger partial charge is 0.306 e. The van der Waals surface area contributed by atoms with Crippen molar-refractivity contribution in [2.75, 3.05) is 13.2 Å². The summed E-state index contributed by atoms with van der Waals surface area (Å²) in [4.78, 5) is 38.4. The zero-order chi connectivity index (χ0) is 59.9. The Labute approximate surface area is 511 Å². The quantitative estimate of drug-likeness (QED) is 0.0261. The summed E-state index contributed by atoms with van der Waals surface area (Å²) in [5.41, 5.74) is 0. The summed E-state index contributed by atoms with van der Waals surface area (Å²) < 4.78 is 16.9. The standard InChI is InChI=1S/C77H124O6/c1-4-7-10-13-16-19-22-25-27-29-31-33-34-35-36-37-38-39-40-41-42-44-45-47-49-52-55-58-61-64-67-70-76(79)82-73-74(72-81-75(78)69-66-63-60-57-54-51-24-21-18-15-12-9-6-3)83-77(80)71-68-65-62-59-56-53-50-48-46-43-32-30-28-26-23-20-17-14-11-8-5-2/h7-8,10-11,16-17,19-21,24-28,31-33,35-36,38-39,43,48,50,56,59,74H,4-6,9,12-15,18,22-23,29-30,34,37,40-42,44-47,49,51-55,57-58,60-73H2,1-3H3/b10-7-,11-8-,19-16-,20-17-,24-21-,27-25-,28-26-,33-31-,36-35-,39-38-,43-32-,50-48-,59-56-. The Morgan fingerprint density at radius 3 is 0.771 bits per heavy atom. The third-order valence-electron chi connectivity index (χ3n) is 14.0. The molecule has 0 spiro atoms. The Morgan fingerprint density at radius 1 is 0.253 bits per heavy atom. The average molecular weight is 1150 g/mol. The fourth-order valence-corrected chi connectivity index (χ4v) is 8.97. The Hall–Kier alpha value is -4.97. The molecule has 83 heavy (non-hydrogen) atoms. The summed E-state index contributed by atoms with van der Waals surface area (Å²) >= 11 is 0. The van der Waals surface area contributed by atoms with Crippen LogP contribution in [-0.2, 0) is 28.6 Å². The summed E-state index contributed by atoms with van der Waals surface area (Å²) in [7, 11) is 0. The molecule has 0 heterocycles. The monoisotopic (exact) mass is 1140 g/mol. The van der Waals surface area contributed by atoms with Crippen LogP contribution in [0.5, 0.6) is 0 Å². The highest BCUT2D eigenvalue weighted by molar-refractivity contribution is 5.71. The predicted molar refractivity (Wildman–Crippen MR) is 362 cm³/mol. The molecule has 0 aliphatic rings. The summed E-state index contributed by atoms with van der Waals surface area (Å²) in [5.74, 6) is -0.958. The lowest BCUT2D eigenvalue weighted by Gasteiger charge is -2.18. The van der Waals surface area contributed by atoms with E-state index in [2.05, 4.69) is 179 Å². The molecule has 0 bridgehead atoms. The number of carbonyl (C=O) groups excluding carboxylic acids is 3. The van der Waals surface area contributed by atoms with Gasteiger partial charge in [0.05, 0.1) is 0 Å². The number of carbonyl (C=O) groups is 3. The molecule has 0 fully saturated rings. The topological polar surface area (TPSA) is 78.9 Å². The maximum Gasteiger partial charge on any atom is 0.306 e. The molecule has 0 aromatic rings. The summed E-state index contributed by atoms with van der Waals surface area (Å²) in [6.07, 6.45) is 101. The molecule has 468 valence electrons. The van der Waals surface area contributed by atoms with Crippen molar-refractivity contribution >= 4 is 17.9 Å². The minimum atomic E-state index is -0.813. The van der Waals surface area contributed by atoms with Crippen molar-refractivity contribution in [2.24, 2.45) is 0 Å². The van der Waals surface area contributed by atoms with Crippen LogP contribution >= 0.6 is 0 Å². The maximum atomic E-state index is 12.9. The number of hydrogen-bond acceptors (Lipinski definition) is 6. The molecule has 0 aromatic heterocycles. The van der Waals surface area contributed by atoms with E-state index >= 15 is 0 Å². The van der Waals surface area contributed by atoms with Crippen molar-refractivity contribution in [3.63, 3.8) is 0 Å². The second kappa shape index (κ2) is 69.5. The van der Waals surface area contributed by atoms with Crippen molar-refractivity contribution in [3.8, 4) is 0 Å². The first-order chi connectivity index (χ1) is 41.0. The number of unbranched alkanes of at least 4 members (excludes halogenated alkanes) is 23. The molecule has 0 aliphatic heterocycles. The molecular weight excluding hydrogens is 1020 g/mol. The Balaban J connectivity index is 4.36. The predicted octanol–water partition coefficient (Wildman–Crippen LogP) is 23.7. The second-order valence-corrected chi connectivity index (χ2v) is 22.0. The van der Waals surface area contributed by atoms with Crippen LogP contribution in [0, 0.1) is 0 Å². The van der Waals surface area contributed by atoms with Gasteiger partial charge in [0.15, 0.2) is 6.10 Å². The molecule has 1 atom stereocenters. The largest absolute Gasteiger partial charge is 0.462 e. The van der Waals surface area contributed by atoms with Crippen molar-refractivity contribution in [1.29, 1.82) is 0 Å². The Kier molecular flexibility index (Phi) is 65.4. The third kappa shape index (κ3) is 67.7. The van der Waals surface area contributed by atoms with Gasteiger partial charge >= 0.3 is 17.9 Å². The van der Waals surface area contributed by atoms with E-state index in [1.807, 2.05) is 0 Å². The van der Waals surface area contributed by atoms with Crippen LogP contribution < -0.4 is 0 Å². The van der Waals surface area contributed by atoms with Crippen LogP contribution in [0.4, 0.5) is 0 Å². The van der Waals surface area contributed by atoms with Gasteiger partial charge in [0.25, 0.3) is 0 Å². The van der Waals surface area contributed by atoms with Gasteiger partial charge in [-0.3, -0.25) is 14.4 Å². The molecular formula is C77H124O6. The van der Waals surface area contributed by atoms with Gasteiger partial charge in [-0.15, -0.1) is 0 Å². The molecule has 0 aliphatic carbocycles. The van der Waals surface area contributed by atoms with E-state index in [0.717, 1.165) is 141 Å². The SMILES string of the molecule is CC/C=C\C/C=C\C/C=C\C/C=C\C/C=C\C/C=C\CCCCCCCCCCCCCCC(=O)OCC(COC(=O)CCCCCCC/C=C\CCCCCC)OC(=O)CCCC/C=C\C/C=C\C/C=C\C/C=C\C/C=C\C/C=C\CC. The van der Waals surface area contributed by atoms with E-state index in [1.165, 1.54) is 103 Å². The third-order valence-corrected chi connectivity index (χ3v) is 14.0. The van der Waals surface area contributed by atoms with Crippen LogP contribution in [-0.4, -0.2) is 37.2 Å². The molecule has 0 aromatic carbocycles. The molecule has 0 radical (unpaired) electrons. The minimum Gasteiger partial charge on any atom is -0.462 e. The van der Waals surface area contributed by atoms with Crippen molar-refractivity contribution in [3.05, 3.63) is 158 Å². The minimum absolute atomic E-state index is 0.104. The second-order valence-electron chi connectivity index (χ2n) is 22.0. The fourth-order valence-electron chi connectivity index (χ4n) is 8.97. The van der Waals surface area contributed by atoms with Gasteiger partial charge in [0.1, 0.15) is 13.2 Å². The molecule has 6 nitrogen and oxygen atoms in total. The number of hydrogen-bond donors (Lipinski definition) is 0. The lowest BCUT2D eigenvalue weighted by Crippen LogP contribution is -2.30. The Morgan fingerprint density at radius 2 is 0.470 bits per heavy atom. The zero-order valence-electron chi connectivity index (χ0n) is 53.7. The molecule has 1 unspecified atom stereocenters. The average Bonchev–Trinajstić information content (AvgIpc) is 3.49. The maximum absolute atomic E-state index is 12.9. The van der Waals surface area contributed by atoms with Gasteiger partial charge in [-0.05, 0) is 148 Å². The summed E-state index contributed by atoms with van der Waals surface area (Å²) in [6.45, 7) is 6.36. The molecule has 0 amide bonds. The Bertz CT molecular complexity index is 1840. The van der Waals surface area contributed by atoms with Gasteiger partial charge < -0.3 is 14.2 Å². The highest BCUT2D eigenvalue weighted by Crippen LogP contribution is 2.15. The van der Waals surface area contributed by atoms with E-state index in [4.69, 9.17) is 14.2 Å². The van der Waals surface area contributed by atoms with Crippen LogP contribution in [0.1, 0.15) is 290 Å². The number of rotatable bonds is 60. The van der Waals surface area contributed by atoms with Gasteiger partial charge in [-0.25, -0.2) is 0 Å². The molecule has 0 saturated heterocycles. The summed E-state index contributed by atoms with van der Waals surface area (Å²) in [6, 6.07) is 0. The zero-order valence-corrected chi connectivity index (χ0v) is 53.7. The number of esters is 3. The molecule has 0 saturated carbocycles. The fraction of sp³-hybridized carbons (Fsp3) is 0.623. The van der Waals surface area contributed by atoms with Crippen molar-refractivity contribution < 1.29 is 28.6 Å². The molecule has 0 N–H and O–H groups in total. The van der Waals surface area contributed by atoms with E-state index in [9.17, 15) is 14.4 Å². The van der Waals surface area contributed by atoms with Gasteiger partial charge in [0.2, 0.25) is 0 Å². The van der Waals surface area contributed by atoms with Crippen molar-refractivity contribution in [2.45, 2.75) is 297 Å². The highest BCUT2D eigenvalue weighted by atomic mass is 16.6. The van der Waals surface area contributed by atoms with Crippen LogP contribution in [0.25, 0.3) is 0 Å². The van der Waals surface area contributed by atoms with Crippen LogP contribution in [0.15, 0.2) is 158 Å². The van der Waals surface area contributed by atoms with Gasteiger partial charge in [-0.2, -0.15) is 0 Å². The van der Waals surface area contributed by atoms with Gasteiger partial charge in [0, 0.05) is 19.3 Å². The lowest BCUT2D eigenvalue weighted by atomic mass is 10.0. The van der Waals surface area contributed by atoms with Gasteiger partial charge in [-0.1, -0.05) is 281 Å². The van der Waals surface area contributed by atoms with E-state index in [0.29, 0.717) is 19.3 Å². The lowest BCUT2D eigenvalue weighted by molar-refractivity contribution is -0.167. The van der Waals surface area contributed by atoms with E-state index < -0.39 is 6.10 Å². The first kappa shape index (κ1) is 78.0. The first-order valence-electron chi connectivity index (χ1n) is 34.0. The highest BCUT2D eigenvalue weighted by Gasteiger charge is 2.19. The molecule has 0 rings (SSSR count).